The second kappa shape index (κ2) is 11.9. The quantitative estimate of drug-likeness (QED) is 0.256. The number of hydrogen-bond donors (Lipinski definition) is 0. The lowest BCUT2D eigenvalue weighted by molar-refractivity contribution is 0.261. The topological polar surface area (TPSA) is 9.23 Å². The zero-order chi connectivity index (χ0) is 22.9. The highest BCUT2D eigenvalue weighted by molar-refractivity contribution is 5.64. The average Bonchev–Trinajstić information content (AvgIpc) is 2.83. The summed E-state index contributed by atoms with van der Waals surface area (Å²) in [5.41, 5.74) is 6.50. The van der Waals surface area contributed by atoms with Gasteiger partial charge in [-0.15, -0.1) is 0 Å². The number of hydrogen-bond acceptors (Lipinski definition) is 1. The van der Waals surface area contributed by atoms with Crippen LogP contribution >= 0.6 is 0 Å². The van der Waals surface area contributed by atoms with Crippen LogP contribution < -0.4 is 4.74 Å². The monoisotopic (exact) mass is 428 g/mol. The number of aryl methyl sites for hydroxylation is 1. The molecular weight excluding hydrogens is 388 g/mol. The van der Waals surface area contributed by atoms with Crippen LogP contribution in [-0.4, -0.2) is 0 Å². The molecule has 1 heteroatoms. The maximum Gasteiger partial charge on any atom is 0.127 e. The molecule has 0 atom stereocenters. The van der Waals surface area contributed by atoms with E-state index in [1.807, 2.05) is 12.1 Å². The summed E-state index contributed by atoms with van der Waals surface area (Å²) < 4.78 is 6.16. The van der Waals surface area contributed by atoms with E-state index in [1.165, 1.54) is 48.8 Å². The van der Waals surface area contributed by atoms with Gasteiger partial charge < -0.3 is 4.74 Å². The minimum absolute atomic E-state index is 0.426. The molecule has 0 N–H and O–H groups in total. The highest BCUT2D eigenvalue weighted by Crippen LogP contribution is 2.37. The Labute approximate surface area is 195 Å². The SMILES string of the molecule is C=C(CC)c1cccc(OC(=C)C2CCC(C(=C)Cc3ccc(CCCC)cc3)CC2)c1. The van der Waals surface area contributed by atoms with E-state index in [-0.39, 0.29) is 0 Å². The summed E-state index contributed by atoms with van der Waals surface area (Å²) in [5.74, 6) is 2.80. The van der Waals surface area contributed by atoms with Crippen molar-refractivity contribution in [1.82, 2.24) is 0 Å². The molecule has 1 aliphatic carbocycles. The molecule has 0 aromatic heterocycles. The van der Waals surface area contributed by atoms with Crippen molar-refractivity contribution < 1.29 is 4.74 Å². The maximum absolute atomic E-state index is 6.16. The van der Waals surface area contributed by atoms with Gasteiger partial charge in [-0.1, -0.05) is 82.0 Å². The van der Waals surface area contributed by atoms with Crippen LogP contribution in [0.15, 0.2) is 79.6 Å². The Hall–Kier alpha value is -2.54. The Morgan fingerprint density at radius 2 is 1.53 bits per heavy atom. The van der Waals surface area contributed by atoms with Gasteiger partial charge in [0.25, 0.3) is 0 Å². The van der Waals surface area contributed by atoms with E-state index < -0.39 is 0 Å². The summed E-state index contributed by atoms with van der Waals surface area (Å²) in [6.45, 7) is 17.2. The fraction of sp³-hybridized carbons (Fsp3) is 0.419. The molecule has 1 aliphatic rings. The molecule has 0 bridgehead atoms. The normalized spacial score (nSPS) is 18.2. The van der Waals surface area contributed by atoms with Crippen LogP contribution in [-0.2, 0) is 12.8 Å². The Kier molecular flexibility index (Phi) is 8.97. The van der Waals surface area contributed by atoms with Crippen molar-refractivity contribution in [2.75, 3.05) is 0 Å². The number of ether oxygens (including phenoxy) is 1. The third kappa shape index (κ3) is 6.73. The predicted octanol–water partition coefficient (Wildman–Crippen LogP) is 8.95. The van der Waals surface area contributed by atoms with Crippen molar-refractivity contribution in [3.63, 3.8) is 0 Å². The Bertz CT molecular complexity index is 910. The second-order valence-corrected chi connectivity index (χ2v) is 9.36. The lowest BCUT2D eigenvalue weighted by Gasteiger charge is -2.30. The van der Waals surface area contributed by atoms with Crippen molar-refractivity contribution in [1.29, 1.82) is 0 Å². The van der Waals surface area contributed by atoms with Crippen molar-refractivity contribution in [2.24, 2.45) is 11.8 Å². The molecule has 0 saturated heterocycles. The lowest BCUT2D eigenvalue weighted by Crippen LogP contribution is -2.20. The minimum Gasteiger partial charge on any atom is -0.462 e. The molecule has 0 amide bonds. The first kappa shape index (κ1) is 24.1. The Morgan fingerprint density at radius 1 is 0.875 bits per heavy atom. The van der Waals surface area contributed by atoms with E-state index in [0.717, 1.165) is 48.3 Å². The fourth-order valence-corrected chi connectivity index (χ4v) is 4.65. The average molecular weight is 429 g/mol. The van der Waals surface area contributed by atoms with Crippen LogP contribution in [0.5, 0.6) is 5.75 Å². The van der Waals surface area contributed by atoms with E-state index in [1.54, 1.807) is 0 Å². The number of rotatable bonds is 11. The predicted molar refractivity (Wildman–Crippen MR) is 139 cm³/mol. The summed E-state index contributed by atoms with van der Waals surface area (Å²) in [5, 5.41) is 0. The van der Waals surface area contributed by atoms with Crippen LogP contribution in [0.4, 0.5) is 0 Å². The maximum atomic E-state index is 6.16. The largest absolute Gasteiger partial charge is 0.462 e. The molecule has 0 heterocycles. The Morgan fingerprint density at radius 3 is 2.19 bits per heavy atom. The molecule has 2 aromatic rings. The summed E-state index contributed by atoms with van der Waals surface area (Å²) in [7, 11) is 0. The first-order valence-corrected chi connectivity index (χ1v) is 12.4. The summed E-state index contributed by atoms with van der Waals surface area (Å²) in [6.07, 6.45) is 10.2. The van der Waals surface area contributed by atoms with Crippen LogP contribution in [0.1, 0.15) is 75.5 Å². The zero-order valence-corrected chi connectivity index (χ0v) is 20.2. The highest BCUT2D eigenvalue weighted by Gasteiger charge is 2.25. The van der Waals surface area contributed by atoms with E-state index in [4.69, 9.17) is 4.74 Å². The van der Waals surface area contributed by atoms with Gasteiger partial charge in [-0.05, 0) is 91.7 Å². The van der Waals surface area contributed by atoms with Crippen molar-refractivity contribution in [2.45, 2.75) is 71.6 Å². The van der Waals surface area contributed by atoms with Crippen LogP contribution in [0.2, 0.25) is 0 Å². The molecule has 0 unspecified atom stereocenters. The number of allylic oxidation sites excluding steroid dienone is 3. The van der Waals surface area contributed by atoms with Crippen LogP contribution in [0.3, 0.4) is 0 Å². The number of unbranched alkanes of at least 4 members (excludes halogenated alkanes) is 1. The van der Waals surface area contributed by atoms with Gasteiger partial charge in [0.05, 0.1) is 5.76 Å². The van der Waals surface area contributed by atoms with Gasteiger partial charge in [-0.3, -0.25) is 0 Å². The highest BCUT2D eigenvalue weighted by atomic mass is 16.5. The fourth-order valence-electron chi connectivity index (χ4n) is 4.65. The van der Waals surface area contributed by atoms with Gasteiger partial charge in [0.2, 0.25) is 0 Å². The van der Waals surface area contributed by atoms with E-state index in [0.29, 0.717) is 11.8 Å². The number of benzene rings is 2. The molecule has 1 saturated carbocycles. The Balaban J connectivity index is 1.47. The van der Waals surface area contributed by atoms with Gasteiger partial charge in [-0.25, -0.2) is 0 Å². The van der Waals surface area contributed by atoms with Gasteiger partial charge in [0.15, 0.2) is 0 Å². The molecule has 170 valence electrons. The standard InChI is InChI=1S/C31H40O/c1-6-8-10-26-13-15-27(16-14-26)21-24(4)28-17-19-29(20-18-28)25(5)32-31-12-9-11-30(22-31)23(3)7-2/h9,11-16,22,28-29H,3-8,10,17-21H2,1-2H3. The molecule has 1 nitrogen and oxygen atoms in total. The van der Waals surface area contributed by atoms with Gasteiger partial charge in [-0.2, -0.15) is 0 Å². The van der Waals surface area contributed by atoms with Gasteiger partial charge in [0, 0.05) is 5.92 Å². The molecule has 0 aliphatic heterocycles. The first-order chi connectivity index (χ1) is 15.5. The summed E-state index contributed by atoms with van der Waals surface area (Å²) >= 11 is 0. The zero-order valence-electron chi connectivity index (χ0n) is 20.2. The molecule has 0 spiro atoms. The van der Waals surface area contributed by atoms with Crippen LogP contribution in [0.25, 0.3) is 5.57 Å². The third-order valence-corrected chi connectivity index (χ3v) is 6.95. The smallest absolute Gasteiger partial charge is 0.127 e. The summed E-state index contributed by atoms with van der Waals surface area (Å²) in [4.78, 5) is 0. The van der Waals surface area contributed by atoms with E-state index >= 15 is 0 Å². The molecule has 32 heavy (non-hydrogen) atoms. The van der Waals surface area contributed by atoms with Crippen molar-refractivity contribution >= 4 is 5.57 Å². The molecular formula is C31H40O. The summed E-state index contributed by atoms with van der Waals surface area (Å²) in [6, 6.07) is 17.4. The molecule has 1 fully saturated rings. The van der Waals surface area contributed by atoms with Gasteiger partial charge in [0.1, 0.15) is 5.75 Å². The molecule has 3 rings (SSSR count). The minimum atomic E-state index is 0.426. The van der Waals surface area contributed by atoms with Crippen molar-refractivity contribution in [3.8, 4) is 5.75 Å². The second-order valence-electron chi connectivity index (χ2n) is 9.36. The van der Waals surface area contributed by atoms with Crippen LogP contribution in [0, 0.1) is 11.8 Å². The van der Waals surface area contributed by atoms with Gasteiger partial charge >= 0.3 is 0 Å². The lowest BCUT2D eigenvalue weighted by atomic mass is 9.77. The van der Waals surface area contributed by atoms with E-state index in [9.17, 15) is 0 Å². The molecule has 2 aromatic carbocycles. The first-order valence-electron chi connectivity index (χ1n) is 12.4. The van der Waals surface area contributed by atoms with Crippen molar-refractivity contribution in [3.05, 3.63) is 96.3 Å². The van der Waals surface area contributed by atoms with E-state index in [2.05, 4.69) is 70.0 Å². The third-order valence-electron chi connectivity index (χ3n) is 6.95. The molecule has 0 radical (unpaired) electrons.